The molecular weight excluding hydrogens is 414 g/mol. The van der Waals surface area contributed by atoms with E-state index in [1.54, 1.807) is 30.4 Å². The fourth-order valence-corrected chi connectivity index (χ4v) is 3.52. The summed E-state index contributed by atoms with van der Waals surface area (Å²) >= 11 is 0. The quantitative estimate of drug-likeness (QED) is 0.605. The second-order valence-corrected chi connectivity index (χ2v) is 7.61. The molecule has 3 N–H and O–H groups in total. The molecule has 2 amide bonds. The standard InChI is InChI=1S/C20H25N9O3/c1-28(20(30)23-3-2-21)14-8-15(9-14)32-17-10-16(13-11-24-18(22)25-12-13)26-19(27-17)29-4-6-31-7-5-29/h10-12,14-15H,3-9H2,1H3,(H,23,30)(H2,22,24,25). The molecule has 1 aliphatic carbocycles. The van der Waals surface area contributed by atoms with Gasteiger partial charge in [0.15, 0.2) is 0 Å². The first-order valence-corrected chi connectivity index (χ1v) is 10.4. The number of carbonyl (C=O) groups is 1. The van der Waals surface area contributed by atoms with Crippen LogP contribution < -0.4 is 20.7 Å². The predicted octanol–water partition coefficient (Wildman–Crippen LogP) is 0.427. The van der Waals surface area contributed by atoms with Crippen molar-refractivity contribution in [2.45, 2.75) is 25.0 Å². The molecule has 0 aromatic carbocycles. The van der Waals surface area contributed by atoms with Gasteiger partial charge in [0.25, 0.3) is 0 Å². The SMILES string of the molecule is CN(C(=O)NCC#N)C1CC(Oc2cc(-c3cnc(N)nc3)nc(N3CCOCC3)n2)C1. The number of aromatic nitrogens is 4. The van der Waals surface area contributed by atoms with Crippen LogP contribution in [0.1, 0.15) is 12.8 Å². The molecule has 12 nitrogen and oxygen atoms in total. The van der Waals surface area contributed by atoms with Crippen molar-refractivity contribution in [3.05, 3.63) is 18.5 Å². The third-order valence-electron chi connectivity index (χ3n) is 5.50. The Morgan fingerprint density at radius 1 is 1.34 bits per heavy atom. The summed E-state index contributed by atoms with van der Waals surface area (Å²) in [5.41, 5.74) is 6.96. The van der Waals surface area contributed by atoms with Crippen molar-refractivity contribution in [3.63, 3.8) is 0 Å². The van der Waals surface area contributed by atoms with Crippen LogP contribution in [0.2, 0.25) is 0 Å². The summed E-state index contributed by atoms with van der Waals surface area (Å²) in [4.78, 5) is 33.1. The largest absolute Gasteiger partial charge is 0.474 e. The molecule has 1 saturated heterocycles. The van der Waals surface area contributed by atoms with E-state index >= 15 is 0 Å². The van der Waals surface area contributed by atoms with E-state index in [0.29, 0.717) is 62.2 Å². The van der Waals surface area contributed by atoms with Crippen LogP contribution in [-0.2, 0) is 4.74 Å². The molecule has 2 aromatic heterocycles. The van der Waals surface area contributed by atoms with E-state index in [9.17, 15) is 4.79 Å². The van der Waals surface area contributed by atoms with Gasteiger partial charge in [-0.05, 0) is 0 Å². The Balaban J connectivity index is 1.47. The number of nitriles is 1. The number of hydrogen-bond donors (Lipinski definition) is 2. The van der Waals surface area contributed by atoms with E-state index in [2.05, 4.69) is 30.2 Å². The highest BCUT2D eigenvalue weighted by atomic mass is 16.5. The molecule has 2 aliphatic rings. The third kappa shape index (κ3) is 4.94. The fraction of sp³-hybridized carbons (Fsp3) is 0.500. The lowest BCUT2D eigenvalue weighted by Gasteiger charge is -2.40. The zero-order valence-electron chi connectivity index (χ0n) is 17.8. The van der Waals surface area contributed by atoms with Crippen molar-refractivity contribution in [1.82, 2.24) is 30.2 Å². The lowest BCUT2D eigenvalue weighted by molar-refractivity contribution is 0.0407. The molecule has 0 radical (unpaired) electrons. The van der Waals surface area contributed by atoms with E-state index in [4.69, 9.17) is 20.5 Å². The summed E-state index contributed by atoms with van der Waals surface area (Å²) in [6.07, 6.45) is 4.51. The van der Waals surface area contributed by atoms with Crippen molar-refractivity contribution < 1.29 is 14.3 Å². The van der Waals surface area contributed by atoms with E-state index in [1.165, 1.54) is 0 Å². The number of rotatable bonds is 6. The number of anilines is 2. The molecule has 1 saturated carbocycles. The molecule has 2 aromatic rings. The van der Waals surface area contributed by atoms with Crippen molar-refractivity contribution in [2.75, 3.05) is 50.5 Å². The Hall–Kier alpha value is -3.72. The van der Waals surface area contributed by atoms with Crippen LogP contribution in [0.15, 0.2) is 18.5 Å². The Bertz CT molecular complexity index is 983. The predicted molar refractivity (Wildman–Crippen MR) is 115 cm³/mol. The van der Waals surface area contributed by atoms with Crippen LogP contribution in [-0.4, -0.2) is 82.9 Å². The summed E-state index contributed by atoms with van der Waals surface area (Å²) in [5.74, 6) is 1.20. The van der Waals surface area contributed by atoms with Crippen molar-refractivity contribution in [2.24, 2.45) is 0 Å². The van der Waals surface area contributed by atoms with Gasteiger partial charge in [-0.15, -0.1) is 0 Å². The van der Waals surface area contributed by atoms with Crippen LogP contribution >= 0.6 is 0 Å². The number of carbonyl (C=O) groups excluding carboxylic acids is 1. The first kappa shape index (κ1) is 21.5. The number of nitrogens with two attached hydrogens (primary N) is 1. The van der Waals surface area contributed by atoms with Crippen molar-refractivity contribution in [3.8, 4) is 23.2 Å². The van der Waals surface area contributed by atoms with Gasteiger partial charge >= 0.3 is 6.03 Å². The number of morpholine rings is 1. The molecule has 0 spiro atoms. The number of urea groups is 1. The zero-order chi connectivity index (χ0) is 22.5. The van der Waals surface area contributed by atoms with Crippen LogP contribution in [0.4, 0.5) is 16.7 Å². The minimum Gasteiger partial charge on any atom is -0.474 e. The lowest BCUT2D eigenvalue weighted by Crippen LogP contribution is -2.52. The molecule has 12 heteroatoms. The Morgan fingerprint density at radius 3 is 2.75 bits per heavy atom. The molecule has 0 unspecified atom stereocenters. The minimum atomic E-state index is -0.266. The van der Waals surface area contributed by atoms with E-state index in [1.807, 2.05) is 6.07 Å². The molecule has 32 heavy (non-hydrogen) atoms. The highest BCUT2D eigenvalue weighted by Crippen LogP contribution is 2.31. The molecule has 3 heterocycles. The summed E-state index contributed by atoms with van der Waals surface area (Å²) in [5, 5.41) is 11.2. The first-order valence-electron chi connectivity index (χ1n) is 10.4. The van der Waals surface area contributed by atoms with Gasteiger partial charge in [-0.2, -0.15) is 10.2 Å². The van der Waals surface area contributed by atoms with Gasteiger partial charge < -0.3 is 30.3 Å². The summed E-state index contributed by atoms with van der Waals surface area (Å²) in [6, 6.07) is 3.44. The second-order valence-electron chi connectivity index (χ2n) is 7.61. The highest BCUT2D eigenvalue weighted by molar-refractivity contribution is 5.74. The van der Waals surface area contributed by atoms with E-state index in [-0.39, 0.29) is 30.7 Å². The monoisotopic (exact) mass is 439 g/mol. The molecule has 0 atom stereocenters. The molecule has 4 rings (SSSR count). The maximum atomic E-state index is 12.0. The van der Waals surface area contributed by atoms with Gasteiger partial charge in [0.2, 0.25) is 17.8 Å². The van der Waals surface area contributed by atoms with Gasteiger partial charge in [0.1, 0.15) is 12.6 Å². The molecule has 2 fully saturated rings. The van der Waals surface area contributed by atoms with Crippen molar-refractivity contribution >= 4 is 17.9 Å². The van der Waals surface area contributed by atoms with Crippen LogP contribution in [0.3, 0.4) is 0 Å². The first-order chi connectivity index (χ1) is 15.5. The summed E-state index contributed by atoms with van der Waals surface area (Å²) < 4.78 is 11.6. The van der Waals surface area contributed by atoms with Crippen LogP contribution in [0, 0.1) is 11.3 Å². The number of nitrogens with zero attached hydrogens (tertiary/aromatic N) is 7. The Morgan fingerprint density at radius 2 is 2.06 bits per heavy atom. The van der Waals surface area contributed by atoms with Gasteiger partial charge in [-0.1, -0.05) is 0 Å². The Labute approximate surface area is 185 Å². The molecule has 168 valence electrons. The van der Waals surface area contributed by atoms with E-state index in [0.717, 1.165) is 0 Å². The topological polar surface area (TPSA) is 155 Å². The molecular formula is C20H25N9O3. The number of hydrogen-bond acceptors (Lipinski definition) is 10. The summed E-state index contributed by atoms with van der Waals surface area (Å²) in [6.45, 7) is 2.59. The highest BCUT2D eigenvalue weighted by Gasteiger charge is 2.36. The minimum absolute atomic E-state index is 0.0152. The smallest absolute Gasteiger partial charge is 0.318 e. The lowest BCUT2D eigenvalue weighted by atomic mass is 9.88. The Kier molecular flexibility index (Phi) is 6.46. The third-order valence-corrected chi connectivity index (χ3v) is 5.50. The fourth-order valence-electron chi connectivity index (χ4n) is 3.52. The normalized spacial score (nSPS) is 20.1. The number of nitrogen functional groups attached to an aromatic ring is 1. The number of nitrogens with one attached hydrogen (secondary N) is 1. The van der Waals surface area contributed by atoms with Gasteiger partial charge in [-0.25, -0.2) is 19.7 Å². The van der Waals surface area contributed by atoms with Crippen LogP contribution in [0.5, 0.6) is 5.88 Å². The zero-order valence-corrected chi connectivity index (χ0v) is 17.8. The maximum Gasteiger partial charge on any atom is 0.318 e. The average Bonchev–Trinajstić information content (AvgIpc) is 2.80. The van der Waals surface area contributed by atoms with Gasteiger partial charge in [0, 0.05) is 63.0 Å². The maximum absolute atomic E-state index is 12.0. The second kappa shape index (κ2) is 9.61. The molecule has 0 bridgehead atoms. The number of ether oxygens (including phenoxy) is 2. The summed E-state index contributed by atoms with van der Waals surface area (Å²) in [7, 11) is 1.72. The average molecular weight is 439 g/mol. The molecule has 1 aliphatic heterocycles. The number of amides is 2. The van der Waals surface area contributed by atoms with E-state index < -0.39 is 0 Å². The van der Waals surface area contributed by atoms with Gasteiger partial charge in [0.05, 0.1) is 25.0 Å². The van der Waals surface area contributed by atoms with Crippen molar-refractivity contribution in [1.29, 1.82) is 5.26 Å². The van der Waals surface area contributed by atoms with Gasteiger partial charge in [-0.3, -0.25) is 0 Å². The van der Waals surface area contributed by atoms with Crippen LogP contribution in [0.25, 0.3) is 11.3 Å².